The second-order valence-corrected chi connectivity index (χ2v) is 9.93. The summed E-state index contributed by atoms with van der Waals surface area (Å²) < 4.78 is 28.0. The number of nitrogens with one attached hydrogen (secondary N) is 2. The maximum atomic E-state index is 13.2. The molecule has 1 aliphatic heterocycles. The third-order valence-corrected chi connectivity index (χ3v) is 8.12. The Morgan fingerprint density at radius 3 is 2.11 bits per heavy atom. The van der Waals surface area contributed by atoms with Gasteiger partial charge in [-0.25, -0.2) is 8.42 Å². The fraction of sp³-hybridized carbons (Fsp3) is 0.750. The molecule has 0 radical (unpaired) electrons. The number of rotatable bonds is 4. The summed E-state index contributed by atoms with van der Waals surface area (Å²) in [7, 11) is -3.58. The van der Waals surface area contributed by atoms with Crippen LogP contribution >= 0.6 is 0 Å². The molecule has 1 saturated carbocycles. The van der Waals surface area contributed by atoms with Crippen molar-refractivity contribution in [3.8, 4) is 0 Å². The van der Waals surface area contributed by atoms with E-state index in [-0.39, 0.29) is 16.8 Å². The van der Waals surface area contributed by atoms with Crippen molar-refractivity contribution in [3.05, 3.63) is 17.0 Å². The molecule has 2 fully saturated rings. The Morgan fingerprint density at radius 2 is 1.52 bits per heavy atom. The summed E-state index contributed by atoms with van der Waals surface area (Å²) in [6, 6.07) is 0.189. The zero-order valence-corrected chi connectivity index (χ0v) is 17.5. The number of carbonyl (C=O) groups excluding carboxylic acids is 1. The van der Waals surface area contributed by atoms with Crippen molar-refractivity contribution in [2.75, 3.05) is 13.1 Å². The fourth-order valence-corrected chi connectivity index (χ4v) is 6.36. The lowest BCUT2D eigenvalue weighted by Crippen LogP contribution is -2.35. The smallest absolute Gasteiger partial charge is 0.268 e. The van der Waals surface area contributed by atoms with Crippen molar-refractivity contribution >= 4 is 15.9 Å². The topological polar surface area (TPSA) is 82.3 Å². The maximum absolute atomic E-state index is 13.2. The third-order valence-electron chi connectivity index (χ3n) is 5.95. The van der Waals surface area contributed by atoms with Crippen LogP contribution in [0.4, 0.5) is 0 Å². The summed E-state index contributed by atoms with van der Waals surface area (Å²) in [5.41, 5.74) is 1.50. The van der Waals surface area contributed by atoms with Gasteiger partial charge in [0.15, 0.2) is 0 Å². The average Bonchev–Trinajstić information content (AvgIpc) is 2.90. The summed E-state index contributed by atoms with van der Waals surface area (Å²) in [6.45, 7) is 4.63. The molecule has 7 heteroatoms. The van der Waals surface area contributed by atoms with E-state index in [0.29, 0.717) is 30.0 Å². The van der Waals surface area contributed by atoms with E-state index >= 15 is 0 Å². The molecule has 1 aliphatic carbocycles. The molecule has 2 heterocycles. The van der Waals surface area contributed by atoms with E-state index < -0.39 is 10.0 Å². The number of aryl methyl sites for hydroxylation is 1. The number of hydrogen-bond acceptors (Lipinski definition) is 3. The highest BCUT2D eigenvalue weighted by atomic mass is 32.2. The maximum Gasteiger partial charge on any atom is 0.268 e. The molecular formula is C20H33N3O3S. The summed E-state index contributed by atoms with van der Waals surface area (Å²) in [5.74, 6) is -0.181. The van der Waals surface area contributed by atoms with Crippen LogP contribution in [0, 0.1) is 13.8 Å². The summed E-state index contributed by atoms with van der Waals surface area (Å²) in [4.78, 5) is 16.2. The van der Waals surface area contributed by atoms with Crippen LogP contribution in [-0.4, -0.2) is 42.7 Å². The van der Waals surface area contributed by atoms with Gasteiger partial charge in [-0.2, -0.15) is 4.31 Å². The number of aromatic amines is 1. The van der Waals surface area contributed by atoms with Crippen LogP contribution < -0.4 is 5.32 Å². The van der Waals surface area contributed by atoms with Gasteiger partial charge < -0.3 is 10.3 Å². The van der Waals surface area contributed by atoms with Gasteiger partial charge in [-0.1, -0.05) is 38.5 Å². The largest absolute Gasteiger partial charge is 0.353 e. The molecule has 0 aromatic carbocycles. The Hall–Kier alpha value is -1.34. The van der Waals surface area contributed by atoms with Gasteiger partial charge in [0, 0.05) is 24.8 Å². The number of aromatic nitrogens is 1. The standard InChI is InChI=1S/C20H33N3O3S/c1-15-18(20(24)22-17-11-7-3-4-8-12-17)21-16(2)19(15)27(25,26)23-13-9-5-6-10-14-23/h17,21H,3-14H2,1-2H3,(H,22,24). The van der Waals surface area contributed by atoms with Crippen molar-refractivity contribution in [2.45, 2.75) is 89.0 Å². The lowest BCUT2D eigenvalue weighted by molar-refractivity contribution is 0.0928. The van der Waals surface area contributed by atoms with Crippen LogP contribution in [0.15, 0.2) is 4.90 Å². The Labute approximate surface area is 163 Å². The molecule has 0 atom stereocenters. The minimum atomic E-state index is -3.58. The molecule has 1 aromatic heterocycles. The monoisotopic (exact) mass is 395 g/mol. The van der Waals surface area contributed by atoms with E-state index in [4.69, 9.17) is 0 Å². The number of carbonyl (C=O) groups is 1. The molecule has 0 spiro atoms. The molecule has 152 valence electrons. The van der Waals surface area contributed by atoms with E-state index in [9.17, 15) is 13.2 Å². The Balaban J connectivity index is 1.82. The molecule has 0 unspecified atom stereocenters. The van der Waals surface area contributed by atoms with Crippen molar-refractivity contribution in [2.24, 2.45) is 0 Å². The second-order valence-electron chi connectivity index (χ2n) is 8.06. The van der Waals surface area contributed by atoms with Gasteiger partial charge in [-0.3, -0.25) is 4.79 Å². The summed E-state index contributed by atoms with van der Waals surface area (Å²) >= 11 is 0. The van der Waals surface area contributed by atoms with Crippen LogP contribution in [0.5, 0.6) is 0 Å². The van der Waals surface area contributed by atoms with E-state index in [0.717, 1.165) is 51.4 Å². The molecule has 6 nitrogen and oxygen atoms in total. The lowest BCUT2D eigenvalue weighted by atomic mass is 10.1. The van der Waals surface area contributed by atoms with Crippen molar-refractivity contribution in [1.29, 1.82) is 0 Å². The normalized spacial score (nSPS) is 20.8. The van der Waals surface area contributed by atoms with E-state index in [1.54, 1.807) is 18.2 Å². The van der Waals surface area contributed by atoms with Gasteiger partial charge in [0.25, 0.3) is 5.91 Å². The van der Waals surface area contributed by atoms with Gasteiger partial charge in [-0.05, 0) is 45.1 Å². The van der Waals surface area contributed by atoms with Gasteiger partial charge in [0.05, 0.1) is 0 Å². The first-order valence-electron chi connectivity index (χ1n) is 10.4. The van der Waals surface area contributed by atoms with Gasteiger partial charge in [0.1, 0.15) is 10.6 Å². The zero-order valence-electron chi connectivity index (χ0n) is 16.6. The van der Waals surface area contributed by atoms with Crippen LogP contribution in [0.1, 0.15) is 86.0 Å². The quantitative estimate of drug-likeness (QED) is 0.764. The van der Waals surface area contributed by atoms with Crippen molar-refractivity contribution < 1.29 is 13.2 Å². The lowest BCUT2D eigenvalue weighted by Gasteiger charge is -2.20. The first-order chi connectivity index (χ1) is 12.9. The minimum Gasteiger partial charge on any atom is -0.353 e. The molecular weight excluding hydrogens is 362 g/mol. The molecule has 3 rings (SSSR count). The van der Waals surface area contributed by atoms with E-state index in [1.807, 2.05) is 0 Å². The molecule has 2 N–H and O–H groups in total. The molecule has 2 aliphatic rings. The molecule has 0 bridgehead atoms. The predicted octanol–water partition coefficient (Wildman–Crippen LogP) is 3.65. The van der Waals surface area contributed by atoms with Crippen LogP contribution in [-0.2, 0) is 10.0 Å². The van der Waals surface area contributed by atoms with Gasteiger partial charge in [0.2, 0.25) is 10.0 Å². The molecule has 1 saturated heterocycles. The van der Waals surface area contributed by atoms with Gasteiger partial charge in [-0.15, -0.1) is 0 Å². The number of sulfonamides is 1. The number of H-pyrrole nitrogens is 1. The Kier molecular flexibility index (Phi) is 6.63. The van der Waals surface area contributed by atoms with Crippen LogP contribution in [0.2, 0.25) is 0 Å². The number of nitrogens with zero attached hydrogens (tertiary/aromatic N) is 1. The van der Waals surface area contributed by atoms with Gasteiger partial charge >= 0.3 is 0 Å². The Bertz CT molecular complexity index is 754. The fourth-order valence-electron chi connectivity index (χ4n) is 4.44. The van der Waals surface area contributed by atoms with E-state index in [1.165, 1.54) is 12.8 Å². The SMILES string of the molecule is Cc1[nH]c(C(=O)NC2CCCCCC2)c(C)c1S(=O)(=O)N1CCCCCC1. The summed E-state index contributed by atoms with van der Waals surface area (Å²) in [5, 5.41) is 3.12. The highest BCUT2D eigenvalue weighted by Gasteiger charge is 2.32. The minimum absolute atomic E-state index is 0.181. The summed E-state index contributed by atoms with van der Waals surface area (Å²) in [6.07, 6.45) is 10.7. The number of amides is 1. The highest BCUT2D eigenvalue weighted by Crippen LogP contribution is 2.28. The first kappa shape index (κ1) is 20.4. The van der Waals surface area contributed by atoms with Crippen LogP contribution in [0.3, 0.4) is 0 Å². The second kappa shape index (κ2) is 8.78. The molecule has 1 amide bonds. The Morgan fingerprint density at radius 1 is 0.963 bits per heavy atom. The first-order valence-corrected chi connectivity index (χ1v) is 11.9. The average molecular weight is 396 g/mol. The van der Waals surface area contributed by atoms with Crippen molar-refractivity contribution in [1.82, 2.24) is 14.6 Å². The van der Waals surface area contributed by atoms with Crippen LogP contribution in [0.25, 0.3) is 0 Å². The van der Waals surface area contributed by atoms with Crippen molar-refractivity contribution in [3.63, 3.8) is 0 Å². The number of hydrogen-bond donors (Lipinski definition) is 2. The third kappa shape index (κ3) is 4.57. The zero-order chi connectivity index (χ0) is 19.4. The molecule has 1 aromatic rings. The predicted molar refractivity (Wildman–Crippen MR) is 106 cm³/mol. The highest BCUT2D eigenvalue weighted by molar-refractivity contribution is 7.89. The molecule has 27 heavy (non-hydrogen) atoms. The van der Waals surface area contributed by atoms with E-state index in [2.05, 4.69) is 10.3 Å².